The van der Waals surface area contributed by atoms with Crippen LogP contribution in [0.5, 0.6) is 0 Å². The Bertz CT molecular complexity index is 1300. The van der Waals surface area contributed by atoms with Gasteiger partial charge in [-0.05, 0) is 53.8 Å². The van der Waals surface area contributed by atoms with Gasteiger partial charge in [0.2, 0.25) is 0 Å². The number of rotatable bonds is 4. The van der Waals surface area contributed by atoms with E-state index in [-0.39, 0.29) is 12.5 Å². The summed E-state index contributed by atoms with van der Waals surface area (Å²) < 4.78 is 5.40. The van der Waals surface area contributed by atoms with Crippen LogP contribution < -0.4 is 5.32 Å². The van der Waals surface area contributed by atoms with E-state index in [4.69, 9.17) is 4.74 Å². The number of pyridine rings is 1. The molecule has 1 aromatic heterocycles. The zero-order valence-electron chi connectivity index (χ0n) is 16.4. The molecule has 0 atom stereocenters. The van der Waals surface area contributed by atoms with E-state index in [9.17, 15) is 9.59 Å². The van der Waals surface area contributed by atoms with Crippen LogP contribution in [0.15, 0.2) is 66.7 Å². The number of para-hydroxylation sites is 1. The normalized spacial score (nSPS) is 12.7. The van der Waals surface area contributed by atoms with Gasteiger partial charge in [-0.1, -0.05) is 48.5 Å². The molecule has 0 bridgehead atoms. The first-order valence-corrected chi connectivity index (χ1v) is 10.1. The summed E-state index contributed by atoms with van der Waals surface area (Å²) >= 11 is 0. The number of fused-ring (bicyclic) bond motifs is 3. The molecule has 3 aromatic carbocycles. The molecule has 5 heteroatoms. The molecule has 1 amide bonds. The van der Waals surface area contributed by atoms with Crippen molar-refractivity contribution < 1.29 is 14.3 Å². The SMILES string of the molecule is O=C(COC(=O)c1c2c(nc3ccccc13)CCC2)Nc1ccc2ccccc2c1. The number of aryl methyl sites for hydroxylation is 1. The molecule has 1 N–H and O–H groups in total. The Hall–Kier alpha value is -3.73. The maximum absolute atomic E-state index is 12.9. The van der Waals surface area contributed by atoms with Crippen molar-refractivity contribution in [3.05, 3.63) is 83.6 Å². The van der Waals surface area contributed by atoms with Gasteiger partial charge < -0.3 is 10.1 Å². The molecule has 0 aliphatic heterocycles. The number of anilines is 1. The van der Waals surface area contributed by atoms with E-state index in [1.165, 1.54) is 0 Å². The van der Waals surface area contributed by atoms with E-state index < -0.39 is 5.97 Å². The Morgan fingerprint density at radius 3 is 2.63 bits per heavy atom. The third-order valence-corrected chi connectivity index (χ3v) is 5.49. The number of aromatic nitrogens is 1. The predicted molar refractivity (Wildman–Crippen MR) is 117 cm³/mol. The minimum atomic E-state index is -0.472. The van der Waals surface area contributed by atoms with Gasteiger partial charge in [0.1, 0.15) is 0 Å². The van der Waals surface area contributed by atoms with Gasteiger partial charge in [0.05, 0.1) is 11.1 Å². The van der Waals surface area contributed by atoms with E-state index >= 15 is 0 Å². The lowest BCUT2D eigenvalue weighted by Crippen LogP contribution is -2.21. The maximum Gasteiger partial charge on any atom is 0.339 e. The standard InChI is InChI=1S/C25H20N2O3/c28-23(26-18-13-12-16-6-1-2-7-17(16)14-18)15-30-25(29)24-19-8-3-4-10-21(19)27-22-11-5-9-20(22)24/h1-4,6-8,10,12-14H,5,9,11,15H2,(H,26,28). The largest absolute Gasteiger partial charge is 0.452 e. The smallest absolute Gasteiger partial charge is 0.339 e. The Kier molecular flexibility index (Phi) is 4.64. The van der Waals surface area contributed by atoms with E-state index in [0.717, 1.165) is 52.2 Å². The van der Waals surface area contributed by atoms with Crippen molar-refractivity contribution in [3.8, 4) is 0 Å². The summed E-state index contributed by atoms with van der Waals surface area (Å²) in [6.45, 7) is -0.336. The van der Waals surface area contributed by atoms with Crippen molar-refractivity contribution in [2.45, 2.75) is 19.3 Å². The van der Waals surface area contributed by atoms with E-state index in [1.807, 2.05) is 66.7 Å². The Morgan fingerprint density at radius 1 is 0.933 bits per heavy atom. The van der Waals surface area contributed by atoms with E-state index in [2.05, 4.69) is 10.3 Å². The molecular weight excluding hydrogens is 376 g/mol. The molecule has 148 valence electrons. The van der Waals surface area contributed by atoms with Gasteiger partial charge in [-0.3, -0.25) is 9.78 Å². The Balaban J connectivity index is 1.33. The first kappa shape index (κ1) is 18.3. The fraction of sp³-hybridized carbons (Fsp3) is 0.160. The number of ether oxygens (including phenoxy) is 1. The third kappa shape index (κ3) is 3.39. The summed E-state index contributed by atoms with van der Waals surface area (Å²) in [5.41, 5.74) is 3.91. The summed E-state index contributed by atoms with van der Waals surface area (Å²) in [5.74, 6) is -0.839. The van der Waals surface area contributed by atoms with Gasteiger partial charge in [0, 0.05) is 16.8 Å². The molecule has 1 heterocycles. The van der Waals surface area contributed by atoms with Crippen LogP contribution in [0.25, 0.3) is 21.7 Å². The maximum atomic E-state index is 12.9. The lowest BCUT2D eigenvalue weighted by Gasteiger charge is -2.12. The molecular formula is C25H20N2O3. The van der Waals surface area contributed by atoms with Crippen molar-refractivity contribution >= 4 is 39.2 Å². The zero-order chi connectivity index (χ0) is 20.5. The number of carbonyl (C=O) groups excluding carboxylic acids is 2. The second kappa shape index (κ2) is 7.59. The highest BCUT2D eigenvalue weighted by atomic mass is 16.5. The van der Waals surface area contributed by atoms with Gasteiger partial charge in [0.25, 0.3) is 5.91 Å². The molecule has 0 saturated carbocycles. The lowest BCUT2D eigenvalue weighted by molar-refractivity contribution is -0.119. The fourth-order valence-corrected chi connectivity index (χ4v) is 4.11. The molecule has 0 unspecified atom stereocenters. The van der Waals surface area contributed by atoms with Crippen LogP contribution in [-0.2, 0) is 22.4 Å². The van der Waals surface area contributed by atoms with Crippen molar-refractivity contribution in [1.29, 1.82) is 0 Å². The monoisotopic (exact) mass is 396 g/mol. The number of amides is 1. The predicted octanol–water partition coefficient (Wildman–Crippen LogP) is 4.67. The highest BCUT2D eigenvalue weighted by Crippen LogP contribution is 2.30. The third-order valence-electron chi connectivity index (χ3n) is 5.49. The highest BCUT2D eigenvalue weighted by Gasteiger charge is 2.25. The Labute approximate surface area is 173 Å². The Morgan fingerprint density at radius 2 is 1.73 bits per heavy atom. The molecule has 30 heavy (non-hydrogen) atoms. The fourth-order valence-electron chi connectivity index (χ4n) is 4.11. The average molecular weight is 396 g/mol. The summed E-state index contributed by atoms with van der Waals surface area (Å²) in [4.78, 5) is 30.0. The van der Waals surface area contributed by atoms with Crippen LogP contribution in [0.2, 0.25) is 0 Å². The molecule has 0 saturated heterocycles. The number of nitrogens with one attached hydrogen (secondary N) is 1. The average Bonchev–Trinajstić information content (AvgIpc) is 3.23. The van der Waals surface area contributed by atoms with Crippen molar-refractivity contribution in [1.82, 2.24) is 4.98 Å². The van der Waals surface area contributed by atoms with Gasteiger partial charge in [-0.15, -0.1) is 0 Å². The lowest BCUT2D eigenvalue weighted by atomic mass is 10.0. The molecule has 5 nitrogen and oxygen atoms in total. The van der Waals surface area contributed by atoms with Gasteiger partial charge in [-0.25, -0.2) is 4.79 Å². The topological polar surface area (TPSA) is 68.3 Å². The van der Waals surface area contributed by atoms with Crippen molar-refractivity contribution in [2.24, 2.45) is 0 Å². The molecule has 1 aliphatic carbocycles. The second-order valence-electron chi connectivity index (χ2n) is 7.47. The molecule has 0 spiro atoms. The van der Waals surface area contributed by atoms with Crippen LogP contribution in [0.1, 0.15) is 28.0 Å². The molecule has 5 rings (SSSR count). The molecule has 1 aliphatic rings. The number of hydrogen-bond donors (Lipinski definition) is 1. The quantitative estimate of drug-likeness (QED) is 0.509. The van der Waals surface area contributed by atoms with E-state index in [1.54, 1.807) is 0 Å². The molecule has 0 radical (unpaired) electrons. The molecule has 4 aromatic rings. The second-order valence-corrected chi connectivity index (χ2v) is 7.47. The van der Waals surface area contributed by atoms with Crippen molar-refractivity contribution in [3.63, 3.8) is 0 Å². The number of carbonyl (C=O) groups is 2. The first-order chi connectivity index (χ1) is 14.7. The van der Waals surface area contributed by atoms with Crippen molar-refractivity contribution in [2.75, 3.05) is 11.9 Å². The minimum Gasteiger partial charge on any atom is -0.452 e. The number of hydrogen-bond acceptors (Lipinski definition) is 4. The highest BCUT2D eigenvalue weighted by molar-refractivity contribution is 6.06. The first-order valence-electron chi connectivity index (χ1n) is 10.1. The number of benzene rings is 3. The summed E-state index contributed by atoms with van der Waals surface area (Å²) in [6, 6.07) is 21.2. The van der Waals surface area contributed by atoms with Crippen LogP contribution in [-0.4, -0.2) is 23.5 Å². The van der Waals surface area contributed by atoms with Crippen LogP contribution in [0, 0.1) is 0 Å². The van der Waals surface area contributed by atoms with Crippen LogP contribution in [0.3, 0.4) is 0 Å². The van der Waals surface area contributed by atoms with Gasteiger partial charge >= 0.3 is 5.97 Å². The zero-order valence-corrected chi connectivity index (χ0v) is 16.4. The van der Waals surface area contributed by atoms with E-state index in [0.29, 0.717) is 11.3 Å². The van der Waals surface area contributed by atoms with Gasteiger partial charge in [0.15, 0.2) is 6.61 Å². The van der Waals surface area contributed by atoms with Crippen LogP contribution >= 0.6 is 0 Å². The van der Waals surface area contributed by atoms with Gasteiger partial charge in [-0.2, -0.15) is 0 Å². The minimum absolute atomic E-state index is 0.336. The molecule has 0 fully saturated rings. The van der Waals surface area contributed by atoms with Crippen LogP contribution in [0.4, 0.5) is 5.69 Å². The summed E-state index contributed by atoms with van der Waals surface area (Å²) in [7, 11) is 0. The summed E-state index contributed by atoms with van der Waals surface area (Å²) in [6.07, 6.45) is 2.64. The number of esters is 1. The number of nitrogens with zero attached hydrogens (tertiary/aromatic N) is 1. The summed E-state index contributed by atoms with van der Waals surface area (Å²) in [5, 5.41) is 5.71.